The highest BCUT2D eigenvalue weighted by atomic mass is 19.4. The molecule has 1 fully saturated rings. The molecule has 1 aromatic carbocycles. The van der Waals surface area contributed by atoms with Crippen LogP contribution in [0.5, 0.6) is 5.75 Å². The molecule has 0 amide bonds. The van der Waals surface area contributed by atoms with Gasteiger partial charge in [-0.3, -0.25) is 4.90 Å². The third kappa shape index (κ3) is 2.55. The molecule has 0 saturated carbocycles. The average Bonchev–Trinajstić information content (AvgIpc) is 2.55. The molecular formula is C13H15F3N2O. The van der Waals surface area contributed by atoms with Gasteiger partial charge in [-0.1, -0.05) is 0 Å². The molecular weight excluding hydrogens is 257 g/mol. The summed E-state index contributed by atoms with van der Waals surface area (Å²) in [5.74, 6) is 0.572. The molecule has 0 aliphatic carbocycles. The van der Waals surface area contributed by atoms with Gasteiger partial charge in [-0.2, -0.15) is 13.2 Å². The SMILES string of the molecule is FC(F)(F)c1ccc2c(c1)CN1CCNCC1CO2. The van der Waals surface area contributed by atoms with Crippen LogP contribution in [0.25, 0.3) is 0 Å². The Labute approximate surface area is 109 Å². The first kappa shape index (κ1) is 12.7. The summed E-state index contributed by atoms with van der Waals surface area (Å²) >= 11 is 0. The number of hydrogen-bond donors (Lipinski definition) is 1. The van der Waals surface area contributed by atoms with Gasteiger partial charge in [-0.25, -0.2) is 0 Å². The zero-order valence-corrected chi connectivity index (χ0v) is 10.3. The van der Waals surface area contributed by atoms with Crippen molar-refractivity contribution in [2.45, 2.75) is 18.8 Å². The number of hydrogen-bond acceptors (Lipinski definition) is 3. The number of benzene rings is 1. The van der Waals surface area contributed by atoms with Crippen molar-refractivity contribution in [3.05, 3.63) is 29.3 Å². The van der Waals surface area contributed by atoms with Crippen molar-refractivity contribution < 1.29 is 17.9 Å². The monoisotopic (exact) mass is 272 g/mol. The first-order valence-corrected chi connectivity index (χ1v) is 6.32. The van der Waals surface area contributed by atoms with Crippen molar-refractivity contribution in [1.82, 2.24) is 10.2 Å². The van der Waals surface area contributed by atoms with Gasteiger partial charge in [0, 0.05) is 31.7 Å². The molecule has 1 N–H and O–H groups in total. The van der Waals surface area contributed by atoms with E-state index in [1.165, 1.54) is 12.1 Å². The molecule has 0 bridgehead atoms. The molecule has 104 valence electrons. The number of ether oxygens (including phenoxy) is 1. The van der Waals surface area contributed by atoms with Crippen LogP contribution in [0.4, 0.5) is 13.2 Å². The number of nitrogens with one attached hydrogen (secondary N) is 1. The maximum Gasteiger partial charge on any atom is 0.416 e. The van der Waals surface area contributed by atoms with Gasteiger partial charge in [0.2, 0.25) is 0 Å². The second-order valence-corrected chi connectivity index (χ2v) is 4.96. The number of nitrogens with zero attached hydrogens (tertiary/aromatic N) is 1. The number of rotatable bonds is 0. The van der Waals surface area contributed by atoms with Gasteiger partial charge < -0.3 is 10.1 Å². The van der Waals surface area contributed by atoms with E-state index in [2.05, 4.69) is 10.2 Å². The van der Waals surface area contributed by atoms with E-state index in [9.17, 15) is 13.2 Å². The van der Waals surface area contributed by atoms with Crippen LogP contribution in [0, 0.1) is 0 Å². The Morgan fingerprint density at radius 2 is 2.16 bits per heavy atom. The molecule has 3 rings (SSSR count). The molecule has 2 heterocycles. The predicted octanol–water partition coefficient (Wildman–Crippen LogP) is 1.87. The fraction of sp³-hybridized carbons (Fsp3) is 0.538. The van der Waals surface area contributed by atoms with Gasteiger partial charge in [0.25, 0.3) is 0 Å². The van der Waals surface area contributed by atoms with E-state index in [0.29, 0.717) is 24.5 Å². The standard InChI is InChI=1S/C13H15F3N2O/c14-13(15,16)10-1-2-12-9(5-10)7-18-4-3-17-6-11(18)8-19-12/h1-2,5,11,17H,3-4,6-8H2. The van der Waals surface area contributed by atoms with Gasteiger partial charge in [0.15, 0.2) is 0 Å². The minimum Gasteiger partial charge on any atom is -0.492 e. The smallest absolute Gasteiger partial charge is 0.416 e. The van der Waals surface area contributed by atoms with E-state index in [-0.39, 0.29) is 6.04 Å². The second-order valence-electron chi connectivity index (χ2n) is 4.96. The van der Waals surface area contributed by atoms with Crippen LogP contribution in [0.2, 0.25) is 0 Å². The molecule has 1 saturated heterocycles. The Balaban J connectivity index is 1.90. The first-order chi connectivity index (χ1) is 9.04. The molecule has 3 nitrogen and oxygen atoms in total. The van der Waals surface area contributed by atoms with Crippen LogP contribution < -0.4 is 10.1 Å². The summed E-state index contributed by atoms with van der Waals surface area (Å²) < 4.78 is 43.8. The largest absolute Gasteiger partial charge is 0.492 e. The highest BCUT2D eigenvalue weighted by molar-refractivity contribution is 5.39. The van der Waals surface area contributed by atoms with Crippen molar-refractivity contribution in [2.24, 2.45) is 0 Å². The topological polar surface area (TPSA) is 24.5 Å². The summed E-state index contributed by atoms with van der Waals surface area (Å²) in [5.41, 5.74) is 0.0164. The van der Waals surface area contributed by atoms with Gasteiger partial charge in [0.1, 0.15) is 12.4 Å². The van der Waals surface area contributed by atoms with Crippen LogP contribution in [0.1, 0.15) is 11.1 Å². The summed E-state index contributed by atoms with van der Waals surface area (Å²) in [6.45, 7) is 3.56. The third-order valence-corrected chi connectivity index (χ3v) is 3.66. The molecule has 19 heavy (non-hydrogen) atoms. The summed E-state index contributed by atoms with van der Waals surface area (Å²) in [7, 11) is 0. The van der Waals surface area contributed by atoms with Gasteiger partial charge >= 0.3 is 6.18 Å². The summed E-state index contributed by atoms with van der Waals surface area (Å²) in [4.78, 5) is 2.18. The minimum atomic E-state index is -4.30. The number of fused-ring (bicyclic) bond motifs is 2. The lowest BCUT2D eigenvalue weighted by Crippen LogP contribution is -2.52. The maximum absolute atomic E-state index is 12.7. The number of halogens is 3. The number of alkyl halides is 3. The Hall–Kier alpha value is -1.27. The predicted molar refractivity (Wildman–Crippen MR) is 64.0 cm³/mol. The first-order valence-electron chi connectivity index (χ1n) is 6.32. The molecule has 1 aromatic rings. The van der Waals surface area contributed by atoms with E-state index in [1.54, 1.807) is 0 Å². The average molecular weight is 272 g/mol. The van der Waals surface area contributed by atoms with Crippen LogP contribution in [0.3, 0.4) is 0 Å². The fourth-order valence-electron chi connectivity index (χ4n) is 2.60. The summed E-state index contributed by atoms with van der Waals surface area (Å²) in [6, 6.07) is 3.96. The Morgan fingerprint density at radius 1 is 1.32 bits per heavy atom. The zero-order chi connectivity index (χ0) is 13.5. The normalized spacial score (nSPS) is 24.1. The molecule has 1 atom stereocenters. The Bertz CT molecular complexity index is 475. The molecule has 6 heteroatoms. The fourth-order valence-corrected chi connectivity index (χ4v) is 2.60. The molecule has 2 aliphatic heterocycles. The van der Waals surface area contributed by atoms with Crippen molar-refractivity contribution in [1.29, 1.82) is 0 Å². The summed E-state index contributed by atoms with van der Waals surface area (Å²) in [6.07, 6.45) is -4.30. The molecule has 1 unspecified atom stereocenters. The van der Waals surface area contributed by atoms with E-state index in [1.807, 2.05) is 0 Å². The lowest BCUT2D eigenvalue weighted by molar-refractivity contribution is -0.137. The van der Waals surface area contributed by atoms with Crippen molar-refractivity contribution in [3.63, 3.8) is 0 Å². The van der Waals surface area contributed by atoms with E-state index in [4.69, 9.17) is 4.74 Å². The molecule has 0 spiro atoms. The zero-order valence-electron chi connectivity index (χ0n) is 10.3. The van der Waals surface area contributed by atoms with E-state index < -0.39 is 11.7 Å². The highest BCUT2D eigenvalue weighted by Crippen LogP contribution is 2.34. The van der Waals surface area contributed by atoms with Gasteiger partial charge in [-0.15, -0.1) is 0 Å². The van der Waals surface area contributed by atoms with Crippen molar-refractivity contribution in [2.75, 3.05) is 26.2 Å². The van der Waals surface area contributed by atoms with Crippen LogP contribution >= 0.6 is 0 Å². The third-order valence-electron chi connectivity index (χ3n) is 3.66. The highest BCUT2D eigenvalue weighted by Gasteiger charge is 2.33. The Morgan fingerprint density at radius 3 is 2.95 bits per heavy atom. The van der Waals surface area contributed by atoms with Crippen molar-refractivity contribution in [3.8, 4) is 5.75 Å². The second kappa shape index (κ2) is 4.68. The lowest BCUT2D eigenvalue weighted by atomic mass is 10.1. The maximum atomic E-state index is 12.7. The van der Waals surface area contributed by atoms with Crippen molar-refractivity contribution >= 4 is 0 Å². The number of piperazine rings is 1. The minimum absolute atomic E-state index is 0.232. The van der Waals surface area contributed by atoms with E-state index in [0.717, 1.165) is 25.7 Å². The lowest BCUT2D eigenvalue weighted by Gasteiger charge is -2.33. The van der Waals surface area contributed by atoms with Crippen LogP contribution in [0.15, 0.2) is 18.2 Å². The van der Waals surface area contributed by atoms with Crippen LogP contribution in [-0.4, -0.2) is 37.2 Å². The van der Waals surface area contributed by atoms with E-state index >= 15 is 0 Å². The quantitative estimate of drug-likeness (QED) is 0.780. The Kier molecular flexibility index (Phi) is 3.14. The molecule has 0 radical (unpaired) electrons. The molecule has 0 aromatic heterocycles. The summed E-state index contributed by atoms with van der Waals surface area (Å²) in [5, 5.41) is 3.27. The van der Waals surface area contributed by atoms with Crippen LogP contribution in [-0.2, 0) is 12.7 Å². The van der Waals surface area contributed by atoms with Gasteiger partial charge in [-0.05, 0) is 18.2 Å². The molecule has 2 aliphatic rings. The van der Waals surface area contributed by atoms with Gasteiger partial charge in [0.05, 0.1) is 11.6 Å².